The Morgan fingerprint density at radius 1 is 1.40 bits per heavy atom. The highest BCUT2D eigenvalue weighted by atomic mass is 79.9. The average molecular weight is 337 g/mol. The number of rotatable bonds is 4. The van der Waals surface area contributed by atoms with Crippen LogP contribution in [-0.2, 0) is 0 Å². The zero-order valence-electron chi connectivity index (χ0n) is 11.7. The molecule has 0 spiro atoms. The Hall–Kier alpha value is -1.62. The van der Waals surface area contributed by atoms with Crippen molar-refractivity contribution in [2.24, 2.45) is 0 Å². The molecule has 5 heteroatoms. The van der Waals surface area contributed by atoms with E-state index in [1.807, 2.05) is 39.0 Å². The molecule has 0 fully saturated rings. The molecule has 0 saturated heterocycles. The molecule has 106 valence electrons. The van der Waals surface area contributed by atoms with Gasteiger partial charge in [0.25, 0.3) is 5.91 Å². The molecule has 1 aromatic heterocycles. The number of fused-ring (bicyclic) bond motifs is 1. The normalized spacial score (nSPS) is 10.8. The van der Waals surface area contributed by atoms with Gasteiger partial charge in [-0.2, -0.15) is 0 Å². The lowest BCUT2D eigenvalue weighted by Gasteiger charge is -2.10. The second-order valence-electron chi connectivity index (χ2n) is 4.76. The van der Waals surface area contributed by atoms with Crippen molar-refractivity contribution in [1.82, 2.24) is 10.3 Å². The van der Waals surface area contributed by atoms with Gasteiger partial charge in [-0.25, -0.2) is 0 Å². The maximum atomic E-state index is 12.0. The molecule has 0 radical (unpaired) electrons. The molecule has 1 N–H and O–H groups in total. The quantitative estimate of drug-likeness (QED) is 0.929. The predicted octanol–water partition coefficient (Wildman–Crippen LogP) is 3.53. The number of ether oxygens (including phenoxy) is 1. The van der Waals surface area contributed by atoms with Crippen LogP contribution in [0.25, 0.3) is 10.9 Å². The van der Waals surface area contributed by atoms with E-state index >= 15 is 0 Å². The molecule has 0 bridgehead atoms. The van der Waals surface area contributed by atoms with Gasteiger partial charge in [0.15, 0.2) is 0 Å². The third-order valence-electron chi connectivity index (χ3n) is 2.70. The van der Waals surface area contributed by atoms with Crippen molar-refractivity contribution in [2.45, 2.75) is 26.8 Å². The van der Waals surface area contributed by atoms with Crippen molar-refractivity contribution in [2.75, 3.05) is 6.61 Å². The molecule has 2 aromatic rings. The maximum absolute atomic E-state index is 12.0. The van der Waals surface area contributed by atoms with Crippen LogP contribution in [0.4, 0.5) is 0 Å². The number of hydrogen-bond donors (Lipinski definition) is 1. The molecule has 0 aliphatic rings. The lowest BCUT2D eigenvalue weighted by molar-refractivity contribution is 0.0943. The van der Waals surface area contributed by atoms with Gasteiger partial charge in [-0.3, -0.25) is 9.78 Å². The summed E-state index contributed by atoms with van der Waals surface area (Å²) in [5.74, 6) is 0.641. The van der Waals surface area contributed by atoms with Crippen molar-refractivity contribution in [3.63, 3.8) is 0 Å². The van der Waals surface area contributed by atoms with Crippen LogP contribution in [0.2, 0.25) is 0 Å². The zero-order valence-corrected chi connectivity index (χ0v) is 13.3. The average Bonchev–Trinajstić information content (AvgIpc) is 2.37. The number of carbonyl (C=O) groups excluding carboxylic acids is 1. The number of benzene rings is 1. The summed E-state index contributed by atoms with van der Waals surface area (Å²) in [6.45, 7) is 6.38. The fraction of sp³-hybridized carbons (Fsp3) is 0.333. The second kappa shape index (κ2) is 6.22. The predicted molar refractivity (Wildman–Crippen MR) is 83.2 cm³/mol. The minimum absolute atomic E-state index is 0.0969. The molecule has 0 aliphatic heterocycles. The van der Waals surface area contributed by atoms with Gasteiger partial charge in [-0.1, -0.05) is 0 Å². The van der Waals surface area contributed by atoms with Gasteiger partial charge >= 0.3 is 0 Å². The van der Waals surface area contributed by atoms with Crippen molar-refractivity contribution in [3.8, 4) is 5.75 Å². The molecule has 1 aromatic carbocycles. The molecule has 4 nitrogen and oxygen atoms in total. The van der Waals surface area contributed by atoms with Crippen LogP contribution in [-0.4, -0.2) is 23.5 Å². The number of halogens is 1. The highest BCUT2D eigenvalue weighted by Crippen LogP contribution is 2.28. The van der Waals surface area contributed by atoms with Crippen LogP contribution in [0.1, 0.15) is 31.1 Å². The molecular weight excluding hydrogens is 320 g/mol. The lowest BCUT2D eigenvalue weighted by atomic mass is 10.1. The van der Waals surface area contributed by atoms with E-state index < -0.39 is 0 Å². The minimum atomic E-state index is -0.118. The first kappa shape index (κ1) is 14.8. The van der Waals surface area contributed by atoms with E-state index in [0.29, 0.717) is 12.2 Å². The van der Waals surface area contributed by atoms with E-state index in [-0.39, 0.29) is 11.9 Å². The van der Waals surface area contributed by atoms with Gasteiger partial charge in [0.2, 0.25) is 0 Å². The minimum Gasteiger partial charge on any atom is -0.494 e. The van der Waals surface area contributed by atoms with Crippen LogP contribution < -0.4 is 10.1 Å². The Labute approximate surface area is 126 Å². The third kappa shape index (κ3) is 3.28. The van der Waals surface area contributed by atoms with Gasteiger partial charge < -0.3 is 10.1 Å². The van der Waals surface area contributed by atoms with Gasteiger partial charge in [0, 0.05) is 22.1 Å². The first-order valence-electron chi connectivity index (χ1n) is 6.54. The third-order valence-corrected chi connectivity index (χ3v) is 3.31. The van der Waals surface area contributed by atoms with E-state index in [1.165, 1.54) is 0 Å². The summed E-state index contributed by atoms with van der Waals surface area (Å²) >= 11 is 3.48. The molecule has 1 heterocycles. The second-order valence-corrected chi connectivity index (χ2v) is 5.62. The largest absolute Gasteiger partial charge is 0.494 e. The lowest BCUT2D eigenvalue weighted by Crippen LogP contribution is -2.30. The molecule has 0 atom stereocenters. The van der Waals surface area contributed by atoms with E-state index in [4.69, 9.17) is 4.74 Å². The number of pyridine rings is 1. The topological polar surface area (TPSA) is 51.2 Å². The molecule has 20 heavy (non-hydrogen) atoms. The number of hydrogen-bond acceptors (Lipinski definition) is 3. The Morgan fingerprint density at radius 2 is 2.15 bits per heavy atom. The van der Waals surface area contributed by atoms with Crippen LogP contribution in [0.5, 0.6) is 5.75 Å². The molecule has 0 unspecified atom stereocenters. The zero-order chi connectivity index (χ0) is 14.7. The van der Waals surface area contributed by atoms with Gasteiger partial charge in [-0.15, -0.1) is 0 Å². The van der Waals surface area contributed by atoms with Crippen molar-refractivity contribution in [1.29, 1.82) is 0 Å². The monoisotopic (exact) mass is 336 g/mol. The number of nitrogens with zero attached hydrogens (tertiary/aromatic N) is 1. The summed E-state index contributed by atoms with van der Waals surface area (Å²) in [4.78, 5) is 16.3. The molecule has 0 aliphatic carbocycles. The van der Waals surface area contributed by atoms with Crippen LogP contribution in [0.3, 0.4) is 0 Å². The molecule has 1 amide bonds. The Balaban J connectivity index is 2.44. The summed E-state index contributed by atoms with van der Waals surface area (Å²) in [6.07, 6.45) is 1.59. The fourth-order valence-corrected chi connectivity index (χ4v) is 2.46. The number of nitrogens with one attached hydrogen (secondary N) is 1. The fourth-order valence-electron chi connectivity index (χ4n) is 1.90. The standard InChI is InChI=1S/C15H17BrN2O2/c1-4-20-12-6-10-5-11(15(19)18-9(2)3)8-17-14(10)13(16)7-12/h5-9H,4H2,1-3H3,(H,18,19). The summed E-state index contributed by atoms with van der Waals surface area (Å²) in [7, 11) is 0. The SMILES string of the molecule is CCOc1cc(Br)c2ncc(C(=O)NC(C)C)cc2c1. The van der Waals surface area contributed by atoms with E-state index in [9.17, 15) is 4.79 Å². The van der Waals surface area contributed by atoms with Gasteiger partial charge in [-0.05, 0) is 54.9 Å². The molecular formula is C15H17BrN2O2. The Kier molecular flexibility index (Phi) is 4.60. The van der Waals surface area contributed by atoms with Gasteiger partial charge in [0.1, 0.15) is 5.75 Å². The summed E-state index contributed by atoms with van der Waals surface area (Å²) in [5, 5.41) is 3.73. The van der Waals surface area contributed by atoms with Crippen LogP contribution in [0, 0.1) is 0 Å². The number of amides is 1. The highest BCUT2D eigenvalue weighted by molar-refractivity contribution is 9.10. The van der Waals surface area contributed by atoms with Crippen molar-refractivity contribution in [3.05, 3.63) is 34.4 Å². The summed E-state index contributed by atoms with van der Waals surface area (Å²) in [6, 6.07) is 5.70. The van der Waals surface area contributed by atoms with Crippen molar-refractivity contribution >= 4 is 32.7 Å². The first-order chi connectivity index (χ1) is 9.51. The Bertz CT molecular complexity index is 641. The Morgan fingerprint density at radius 3 is 2.80 bits per heavy atom. The van der Waals surface area contributed by atoms with Crippen molar-refractivity contribution < 1.29 is 9.53 Å². The van der Waals surface area contributed by atoms with E-state index in [1.54, 1.807) is 6.20 Å². The maximum Gasteiger partial charge on any atom is 0.253 e. The summed E-state index contributed by atoms with van der Waals surface area (Å²) in [5.41, 5.74) is 1.36. The van der Waals surface area contributed by atoms with Gasteiger partial charge in [0.05, 0.1) is 17.7 Å². The van der Waals surface area contributed by atoms with Crippen LogP contribution in [0.15, 0.2) is 28.9 Å². The van der Waals surface area contributed by atoms with Crippen LogP contribution >= 0.6 is 15.9 Å². The number of aromatic nitrogens is 1. The first-order valence-corrected chi connectivity index (χ1v) is 7.33. The number of carbonyl (C=O) groups is 1. The van der Waals surface area contributed by atoms with E-state index in [2.05, 4.69) is 26.2 Å². The summed E-state index contributed by atoms with van der Waals surface area (Å²) < 4.78 is 6.36. The smallest absolute Gasteiger partial charge is 0.253 e. The van der Waals surface area contributed by atoms with E-state index in [0.717, 1.165) is 21.1 Å². The molecule has 0 saturated carbocycles. The molecule has 2 rings (SSSR count). The highest BCUT2D eigenvalue weighted by Gasteiger charge is 2.10.